The number of aliphatic carboxylic acids is 1. The van der Waals surface area contributed by atoms with Gasteiger partial charge in [0.15, 0.2) is 5.41 Å². The molecule has 22 heavy (non-hydrogen) atoms. The molecule has 5 nitrogen and oxygen atoms in total. The Morgan fingerprint density at radius 2 is 1.64 bits per heavy atom. The van der Waals surface area contributed by atoms with E-state index in [0.29, 0.717) is 12.1 Å². The maximum absolute atomic E-state index is 13.0. The summed E-state index contributed by atoms with van der Waals surface area (Å²) in [7, 11) is 0. The monoisotopic (exact) mass is 301 g/mol. The third-order valence-corrected chi connectivity index (χ3v) is 6.07. The van der Waals surface area contributed by atoms with Gasteiger partial charge in [-0.2, -0.15) is 0 Å². The van der Waals surface area contributed by atoms with Crippen LogP contribution in [-0.2, 0) is 14.4 Å². The Kier molecular flexibility index (Phi) is 2.81. The van der Waals surface area contributed by atoms with Crippen LogP contribution in [-0.4, -0.2) is 22.9 Å². The number of para-hydroxylation sites is 1. The summed E-state index contributed by atoms with van der Waals surface area (Å²) in [6, 6.07) is 8.56. The predicted octanol–water partition coefficient (Wildman–Crippen LogP) is 2.46. The first-order valence-corrected chi connectivity index (χ1v) is 7.37. The van der Waals surface area contributed by atoms with Gasteiger partial charge in [-0.1, -0.05) is 39.0 Å². The summed E-state index contributed by atoms with van der Waals surface area (Å²) in [5.41, 5.74) is -2.90. The zero-order chi connectivity index (χ0) is 16.3. The molecule has 1 aromatic rings. The molecular formula is C17H19NO4. The Morgan fingerprint density at radius 3 is 2.18 bits per heavy atom. The van der Waals surface area contributed by atoms with E-state index >= 15 is 0 Å². The fourth-order valence-electron chi connectivity index (χ4n) is 4.09. The number of amides is 2. The van der Waals surface area contributed by atoms with Crippen LogP contribution in [0.1, 0.15) is 33.6 Å². The molecule has 5 heteroatoms. The van der Waals surface area contributed by atoms with Crippen LogP contribution in [0.4, 0.5) is 5.69 Å². The van der Waals surface area contributed by atoms with Crippen molar-refractivity contribution in [2.45, 2.75) is 33.6 Å². The zero-order valence-corrected chi connectivity index (χ0v) is 12.9. The number of fused-ring (bicyclic) bond motifs is 2. The minimum Gasteiger partial charge on any atom is -0.480 e. The van der Waals surface area contributed by atoms with Gasteiger partial charge in [0.2, 0.25) is 5.91 Å². The Labute approximate surface area is 128 Å². The molecule has 0 radical (unpaired) electrons. The molecule has 1 saturated carbocycles. The fourth-order valence-corrected chi connectivity index (χ4v) is 4.09. The lowest BCUT2D eigenvalue weighted by Crippen LogP contribution is -2.66. The minimum atomic E-state index is -1.55. The Bertz CT molecular complexity index is 681. The van der Waals surface area contributed by atoms with E-state index in [1.165, 1.54) is 0 Å². The van der Waals surface area contributed by atoms with Crippen LogP contribution in [0.25, 0.3) is 0 Å². The van der Waals surface area contributed by atoms with E-state index in [2.05, 4.69) is 0 Å². The second-order valence-corrected chi connectivity index (χ2v) is 6.95. The number of anilines is 1. The Hall–Kier alpha value is -2.17. The number of carboxylic acids is 1. The first-order valence-electron chi connectivity index (χ1n) is 7.37. The standard InChI is InChI=1S/C17H19NO4/c1-15(2)16(3)9-10-17(15,14(21)22)13(20)18(12(16)19)11-7-5-4-6-8-11/h4-8H,9-10H2,1-3H3,(H,21,22)/t16-,17+/m0/s1. The van der Waals surface area contributed by atoms with Crippen LogP contribution in [0.2, 0.25) is 0 Å². The quantitative estimate of drug-likeness (QED) is 0.672. The first kappa shape index (κ1) is 14.8. The molecule has 2 aliphatic rings. The molecule has 1 aliphatic heterocycles. The summed E-state index contributed by atoms with van der Waals surface area (Å²) in [4.78, 5) is 39.2. The molecule has 1 saturated heterocycles. The maximum atomic E-state index is 13.0. The molecule has 116 valence electrons. The number of hydrogen-bond acceptors (Lipinski definition) is 3. The largest absolute Gasteiger partial charge is 0.480 e. The van der Waals surface area contributed by atoms with E-state index < -0.39 is 28.1 Å². The molecule has 3 rings (SSSR count). The third-order valence-electron chi connectivity index (χ3n) is 6.07. The number of piperidine rings is 1. The fraction of sp³-hybridized carbons (Fsp3) is 0.471. The van der Waals surface area contributed by atoms with Crippen LogP contribution >= 0.6 is 0 Å². The van der Waals surface area contributed by atoms with Gasteiger partial charge in [-0.25, -0.2) is 4.90 Å². The van der Waals surface area contributed by atoms with Gasteiger partial charge in [0.05, 0.1) is 11.1 Å². The van der Waals surface area contributed by atoms with Gasteiger partial charge >= 0.3 is 5.97 Å². The first-order chi connectivity index (χ1) is 10.2. The van der Waals surface area contributed by atoms with Crippen LogP contribution in [0.3, 0.4) is 0 Å². The van der Waals surface area contributed by atoms with Crippen molar-refractivity contribution >= 4 is 23.5 Å². The van der Waals surface area contributed by atoms with Crippen molar-refractivity contribution in [3.63, 3.8) is 0 Å². The molecule has 2 atom stereocenters. The lowest BCUT2D eigenvalue weighted by Gasteiger charge is -2.51. The van der Waals surface area contributed by atoms with Crippen molar-refractivity contribution in [2.75, 3.05) is 4.90 Å². The van der Waals surface area contributed by atoms with Crippen LogP contribution in [0.15, 0.2) is 30.3 Å². The van der Waals surface area contributed by atoms with Gasteiger partial charge in [-0.05, 0) is 25.0 Å². The number of nitrogens with zero attached hydrogens (tertiary/aromatic N) is 1. The molecular weight excluding hydrogens is 282 g/mol. The number of imide groups is 1. The van der Waals surface area contributed by atoms with Crippen LogP contribution in [0, 0.1) is 16.2 Å². The van der Waals surface area contributed by atoms with Crippen molar-refractivity contribution in [1.29, 1.82) is 0 Å². The SMILES string of the molecule is CC1(C)[C@]2(C(=O)O)CC[C@@]1(C)C(=O)N(c1ccccc1)C2=O. The van der Waals surface area contributed by atoms with Crippen molar-refractivity contribution in [1.82, 2.24) is 0 Å². The summed E-state index contributed by atoms with van der Waals surface area (Å²) in [5, 5.41) is 9.83. The van der Waals surface area contributed by atoms with Crippen molar-refractivity contribution in [2.24, 2.45) is 16.2 Å². The van der Waals surface area contributed by atoms with Crippen molar-refractivity contribution < 1.29 is 19.5 Å². The molecule has 1 heterocycles. The summed E-state index contributed by atoms with van der Waals surface area (Å²) >= 11 is 0. The third kappa shape index (κ3) is 1.36. The predicted molar refractivity (Wildman–Crippen MR) is 80.1 cm³/mol. The van der Waals surface area contributed by atoms with E-state index in [0.717, 1.165) is 4.90 Å². The number of hydrogen-bond donors (Lipinski definition) is 1. The van der Waals surface area contributed by atoms with Crippen molar-refractivity contribution in [3.8, 4) is 0 Å². The van der Waals surface area contributed by atoms with Crippen LogP contribution in [0.5, 0.6) is 0 Å². The molecule has 2 bridgehead atoms. The lowest BCUT2D eigenvalue weighted by atomic mass is 9.55. The second-order valence-electron chi connectivity index (χ2n) is 6.95. The topological polar surface area (TPSA) is 74.7 Å². The second kappa shape index (κ2) is 4.18. The molecule has 2 amide bonds. The van der Waals surface area contributed by atoms with E-state index in [1.807, 2.05) is 0 Å². The van der Waals surface area contributed by atoms with Gasteiger partial charge in [-0.3, -0.25) is 14.4 Å². The molecule has 1 N–H and O–H groups in total. The summed E-state index contributed by atoms with van der Waals surface area (Å²) in [6.07, 6.45) is 0.597. The summed E-state index contributed by atoms with van der Waals surface area (Å²) in [5.74, 6) is -2.06. The lowest BCUT2D eigenvalue weighted by molar-refractivity contribution is -0.171. The number of carbonyl (C=O) groups excluding carboxylic acids is 2. The normalized spacial score (nSPS) is 33.1. The van der Waals surface area contributed by atoms with Gasteiger partial charge in [0.25, 0.3) is 5.91 Å². The smallest absolute Gasteiger partial charge is 0.319 e. The number of carbonyl (C=O) groups is 3. The highest BCUT2D eigenvalue weighted by atomic mass is 16.4. The molecule has 1 aliphatic carbocycles. The number of rotatable bonds is 2. The highest BCUT2D eigenvalue weighted by molar-refractivity contribution is 6.26. The van der Waals surface area contributed by atoms with E-state index in [4.69, 9.17) is 0 Å². The van der Waals surface area contributed by atoms with Gasteiger partial charge in [0.1, 0.15) is 0 Å². The minimum absolute atomic E-state index is 0.194. The number of benzene rings is 1. The summed E-state index contributed by atoms with van der Waals surface area (Å²) < 4.78 is 0. The average molecular weight is 301 g/mol. The Balaban J connectivity index is 2.25. The highest BCUT2D eigenvalue weighted by Crippen LogP contribution is 2.67. The van der Waals surface area contributed by atoms with Gasteiger partial charge < -0.3 is 5.11 Å². The van der Waals surface area contributed by atoms with E-state index in [1.54, 1.807) is 51.1 Å². The number of carboxylic acid groups (broad SMARTS) is 1. The summed E-state index contributed by atoms with van der Waals surface area (Å²) in [6.45, 7) is 5.24. The average Bonchev–Trinajstić information content (AvgIpc) is 2.63. The van der Waals surface area contributed by atoms with E-state index in [9.17, 15) is 19.5 Å². The molecule has 0 aromatic heterocycles. The molecule has 2 fully saturated rings. The van der Waals surface area contributed by atoms with Crippen LogP contribution < -0.4 is 4.90 Å². The van der Waals surface area contributed by atoms with Gasteiger partial charge in [0, 0.05) is 5.41 Å². The van der Waals surface area contributed by atoms with Crippen molar-refractivity contribution in [3.05, 3.63) is 30.3 Å². The zero-order valence-electron chi connectivity index (χ0n) is 12.9. The molecule has 0 spiro atoms. The highest BCUT2D eigenvalue weighted by Gasteiger charge is 2.76. The Morgan fingerprint density at radius 1 is 1.05 bits per heavy atom. The maximum Gasteiger partial charge on any atom is 0.319 e. The van der Waals surface area contributed by atoms with E-state index in [-0.39, 0.29) is 12.3 Å². The molecule has 0 unspecified atom stereocenters. The molecule has 1 aromatic carbocycles. The van der Waals surface area contributed by atoms with Gasteiger partial charge in [-0.15, -0.1) is 0 Å².